The lowest BCUT2D eigenvalue weighted by atomic mass is 10.0. The first-order chi connectivity index (χ1) is 12.8. The Bertz CT molecular complexity index is 1070. The highest BCUT2D eigenvalue weighted by atomic mass is 32.1. The van der Waals surface area contributed by atoms with Crippen LogP contribution in [0.2, 0.25) is 0 Å². The number of rotatable bonds is 5. The minimum atomic E-state index is 0.521. The first-order valence-electron chi connectivity index (χ1n) is 7.94. The van der Waals surface area contributed by atoms with E-state index in [1.54, 1.807) is 25.6 Å². The van der Waals surface area contributed by atoms with Crippen molar-refractivity contribution in [3.8, 4) is 11.5 Å². The fraction of sp³-hybridized carbons (Fsp3) is 0.105. The first-order valence-corrected chi connectivity index (χ1v) is 8.82. The summed E-state index contributed by atoms with van der Waals surface area (Å²) in [5.41, 5.74) is 2.88. The lowest BCUT2D eigenvalue weighted by Crippen LogP contribution is -1.95. The fourth-order valence-electron chi connectivity index (χ4n) is 2.82. The summed E-state index contributed by atoms with van der Waals surface area (Å²) in [6.07, 6.45) is 2.07. The van der Waals surface area contributed by atoms with Gasteiger partial charge in [0.2, 0.25) is 5.82 Å². The van der Waals surface area contributed by atoms with Crippen molar-refractivity contribution >= 4 is 33.1 Å². The quantitative estimate of drug-likeness (QED) is 0.579. The molecule has 0 aliphatic heterocycles. The number of aromatic amines is 1. The molecule has 0 fully saturated rings. The van der Waals surface area contributed by atoms with Gasteiger partial charge in [0.05, 0.1) is 14.2 Å². The summed E-state index contributed by atoms with van der Waals surface area (Å²) in [5.74, 6) is 1.84. The maximum absolute atomic E-state index is 5.44. The lowest BCUT2D eigenvalue weighted by molar-refractivity contribution is 0.355. The van der Waals surface area contributed by atoms with Gasteiger partial charge in [-0.05, 0) is 51.4 Å². The van der Waals surface area contributed by atoms with E-state index in [0.717, 1.165) is 16.7 Å². The summed E-state index contributed by atoms with van der Waals surface area (Å²) < 4.78 is 12.0. The molecule has 2 heterocycles. The summed E-state index contributed by atoms with van der Waals surface area (Å²) in [7, 11) is 3.23. The second-order valence-corrected chi connectivity index (χ2v) is 6.46. The molecule has 0 saturated heterocycles. The van der Waals surface area contributed by atoms with Gasteiger partial charge >= 0.3 is 0 Å². The van der Waals surface area contributed by atoms with Crippen molar-refractivity contribution in [3.05, 3.63) is 64.8 Å². The smallest absolute Gasteiger partial charge is 0.205 e. The SMILES string of the molecule is COc1ccc(/C(=C/c2csc3ccccc23)c2nn[nH]n2)cc1OC. The van der Waals surface area contributed by atoms with E-state index in [-0.39, 0.29) is 0 Å². The van der Waals surface area contributed by atoms with Crippen LogP contribution in [0, 0.1) is 0 Å². The third-order valence-corrected chi connectivity index (χ3v) is 5.07. The van der Waals surface area contributed by atoms with Crippen LogP contribution in [0.4, 0.5) is 0 Å². The van der Waals surface area contributed by atoms with Crippen molar-refractivity contribution in [1.29, 1.82) is 0 Å². The highest BCUT2D eigenvalue weighted by molar-refractivity contribution is 7.17. The van der Waals surface area contributed by atoms with Crippen LogP contribution in [-0.2, 0) is 0 Å². The van der Waals surface area contributed by atoms with Crippen LogP contribution >= 0.6 is 11.3 Å². The number of ether oxygens (including phenoxy) is 2. The molecule has 0 aliphatic rings. The summed E-state index contributed by atoms with van der Waals surface area (Å²) in [6.45, 7) is 0. The van der Waals surface area contributed by atoms with Crippen molar-refractivity contribution in [2.45, 2.75) is 0 Å². The molecule has 130 valence electrons. The van der Waals surface area contributed by atoms with Gasteiger partial charge in [0.15, 0.2) is 11.5 Å². The van der Waals surface area contributed by atoms with Crippen LogP contribution in [0.3, 0.4) is 0 Å². The Hall–Kier alpha value is -3.19. The molecule has 7 heteroatoms. The first kappa shape index (κ1) is 16.3. The number of hydrogen-bond acceptors (Lipinski definition) is 6. The molecule has 1 N–H and O–H groups in total. The number of thiophene rings is 1. The molecule has 2 aromatic carbocycles. The van der Waals surface area contributed by atoms with E-state index in [4.69, 9.17) is 9.47 Å². The van der Waals surface area contributed by atoms with Crippen molar-refractivity contribution in [2.75, 3.05) is 14.2 Å². The molecule has 0 spiro atoms. The molecule has 4 rings (SSSR count). The van der Waals surface area contributed by atoms with Crippen molar-refractivity contribution in [1.82, 2.24) is 20.6 Å². The lowest BCUT2D eigenvalue weighted by Gasteiger charge is -2.10. The largest absolute Gasteiger partial charge is 0.493 e. The van der Waals surface area contributed by atoms with E-state index < -0.39 is 0 Å². The van der Waals surface area contributed by atoms with Crippen molar-refractivity contribution in [3.63, 3.8) is 0 Å². The van der Waals surface area contributed by atoms with Crippen LogP contribution in [0.1, 0.15) is 17.0 Å². The van der Waals surface area contributed by atoms with Crippen LogP contribution in [0.15, 0.2) is 47.8 Å². The molecule has 0 aliphatic carbocycles. The van der Waals surface area contributed by atoms with Gasteiger partial charge in [-0.2, -0.15) is 5.21 Å². The van der Waals surface area contributed by atoms with Crippen LogP contribution in [-0.4, -0.2) is 34.8 Å². The van der Waals surface area contributed by atoms with Crippen LogP contribution in [0.25, 0.3) is 21.7 Å². The number of fused-ring (bicyclic) bond motifs is 1. The van der Waals surface area contributed by atoms with E-state index in [1.165, 1.54) is 10.1 Å². The molecule has 0 unspecified atom stereocenters. The zero-order valence-electron chi connectivity index (χ0n) is 14.3. The minimum Gasteiger partial charge on any atom is -0.493 e. The summed E-state index contributed by atoms with van der Waals surface area (Å²) >= 11 is 1.71. The number of H-pyrrole nitrogens is 1. The predicted molar refractivity (Wildman–Crippen MR) is 103 cm³/mol. The summed E-state index contributed by atoms with van der Waals surface area (Å²) in [4.78, 5) is 0. The average Bonchev–Trinajstić information content (AvgIpc) is 3.35. The normalized spacial score (nSPS) is 11.7. The van der Waals surface area contributed by atoms with E-state index in [1.807, 2.05) is 30.3 Å². The maximum Gasteiger partial charge on any atom is 0.205 e. The Morgan fingerprint density at radius 3 is 2.69 bits per heavy atom. The number of aromatic nitrogens is 4. The van der Waals surface area contributed by atoms with Gasteiger partial charge in [0.1, 0.15) is 0 Å². The average molecular weight is 364 g/mol. The minimum absolute atomic E-state index is 0.521. The van der Waals surface area contributed by atoms with Gasteiger partial charge in [-0.1, -0.05) is 24.3 Å². The van der Waals surface area contributed by atoms with Gasteiger partial charge in [-0.25, -0.2) is 0 Å². The van der Waals surface area contributed by atoms with Gasteiger partial charge in [0.25, 0.3) is 0 Å². The standard InChI is InChI=1S/C19H16N4O2S/c1-24-16-8-7-12(10-17(16)25-2)15(19-20-22-23-21-19)9-13-11-26-18-6-4-3-5-14(13)18/h3-11H,1-2H3,(H,20,21,22,23)/b15-9-. The monoisotopic (exact) mass is 364 g/mol. The fourth-order valence-corrected chi connectivity index (χ4v) is 3.74. The van der Waals surface area contributed by atoms with Gasteiger partial charge < -0.3 is 9.47 Å². The molecule has 6 nitrogen and oxygen atoms in total. The van der Waals surface area contributed by atoms with E-state index in [0.29, 0.717) is 17.3 Å². The molecule has 2 aromatic heterocycles. The van der Waals surface area contributed by atoms with Gasteiger partial charge in [-0.15, -0.1) is 21.5 Å². The Balaban J connectivity index is 1.89. The zero-order chi connectivity index (χ0) is 17.9. The number of hydrogen-bond donors (Lipinski definition) is 1. The van der Waals surface area contributed by atoms with Gasteiger partial charge in [-0.3, -0.25) is 0 Å². The van der Waals surface area contributed by atoms with Crippen LogP contribution in [0.5, 0.6) is 11.5 Å². The Labute approximate surface area is 154 Å². The third-order valence-electron chi connectivity index (χ3n) is 4.09. The second kappa shape index (κ2) is 6.97. The van der Waals surface area contributed by atoms with Crippen molar-refractivity contribution < 1.29 is 9.47 Å². The number of methoxy groups -OCH3 is 2. The maximum atomic E-state index is 5.44. The highest BCUT2D eigenvalue weighted by Crippen LogP contribution is 2.34. The molecule has 0 radical (unpaired) electrons. The number of nitrogens with one attached hydrogen (secondary N) is 1. The van der Waals surface area contributed by atoms with E-state index in [2.05, 4.69) is 44.2 Å². The molecule has 4 aromatic rings. The van der Waals surface area contributed by atoms with Crippen LogP contribution < -0.4 is 9.47 Å². The number of tetrazole rings is 1. The molecule has 26 heavy (non-hydrogen) atoms. The molecule has 0 atom stereocenters. The highest BCUT2D eigenvalue weighted by Gasteiger charge is 2.14. The number of nitrogens with zero attached hydrogens (tertiary/aromatic N) is 3. The molecule has 0 saturated carbocycles. The molecule has 0 bridgehead atoms. The van der Waals surface area contributed by atoms with E-state index >= 15 is 0 Å². The Morgan fingerprint density at radius 2 is 1.92 bits per heavy atom. The Morgan fingerprint density at radius 1 is 1.08 bits per heavy atom. The van der Waals surface area contributed by atoms with Gasteiger partial charge in [0, 0.05) is 10.3 Å². The van der Waals surface area contributed by atoms with E-state index in [9.17, 15) is 0 Å². The Kier molecular flexibility index (Phi) is 4.37. The summed E-state index contributed by atoms with van der Waals surface area (Å²) in [5, 5.41) is 17.9. The second-order valence-electron chi connectivity index (χ2n) is 5.55. The molecule has 0 amide bonds. The topological polar surface area (TPSA) is 72.9 Å². The molecular weight excluding hydrogens is 348 g/mol. The number of benzene rings is 2. The third kappa shape index (κ3) is 2.93. The predicted octanol–water partition coefficient (Wildman–Crippen LogP) is 4.02. The molecular formula is C19H16N4O2S. The van der Waals surface area contributed by atoms with Crippen molar-refractivity contribution in [2.24, 2.45) is 0 Å². The summed E-state index contributed by atoms with van der Waals surface area (Å²) in [6, 6.07) is 14.0. The zero-order valence-corrected chi connectivity index (χ0v) is 15.1.